The van der Waals surface area contributed by atoms with E-state index in [2.05, 4.69) is 18.7 Å². The van der Waals surface area contributed by atoms with Crippen molar-refractivity contribution in [3.8, 4) is 5.75 Å². The Balaban J connectivity index is 1.77. The van der Waals surface area contributed by atoms with Crippen molar-refractivity contribution in [2.45, 2.75) is 19.9 Å². The van der Waals surface area contributed by atoms with Crippen LogP contribution in [0.2, 0.25) is 0 Å². The van der Waals surface area contributed by atoms with Gasteiger partial charge < -0.3 is 24.1 Å². The van der Waals surface area contributed by atoms with Crippen LogP contribution in [0.25, 0.3) is 16.5 Å². The number of carbonyl (C=O) groups is 2. The Bertz CT molecular complexity index is 1190. The van der Waals surface area contributed by atoms with Gasteiger partial charge >= 0.3 is 0 Å². The number of ketones is 1. The third-order valence-corrected chi connectivity index (χ3v) is 6.23. The van der Waals surface area contributed by atoms with Gasteiger partial charge in [-0.25, -0.2) is 0 Å². The first kappa shape index (κ1) is 22.6. The number of aliphatic hydroxyl groups excluding tert-OH is 1. The summed E-state index contributed by atoms with van der Waals surface area (Å²) in [7, 11) is 1.61. The van der Waals surface area contributed by atoms with Crippen LogP contribution in [0, 0.1) is 0 Å². The molecule has 33 heavy (non-hydrogen) atoms. The monoisotopic (exact) mass is 448 g/mol. The number of furan rings is 1. The van der Waals surface area contributed by atoms with Crippen LogP contribution >= 0.6 is 0 Å². The van der Waals surface area contributed by atoms with Crippen molar-refractivity contribution in [1.29, 1.82) is 0 Å². The molecule has 1 aliphatic rings. The quantitative estimate of drug-likeness (QED) is 0.316. The summed E-state index contributed by atoms with van der Waals surface area (Å²) in [6.07, 6.45) is 1.50. The van der Waals surface area contributed by atoms with E-state index in [4.69, 9.17) is 9.15 Å². The van der Waals surface area contributed by atoms with Gasteiger partial charge in [-0.3, -0.25) is 9.59 Å². The van der Waals surface area contributed by atoms with Crippen LogP contribution in [0.5, 0.6) is 5.75 Å². The van der Waals surface area contributed by atoms with Crippen LogP contribution in [0.4, 0.5) is 0 Å². The molecule has 0 bridgehead atoms. The van der Waals surface area contributed by atoms with E-state index in [-0.39, 0.29) is 11.3 Å². The molecule has 1 aromatic heterocycles. The SMILES string of the molecule is CCN(CC)CCN1C(=O)C(=O)/C(=C(/O)c2ccc3cc(OC)ccc3c2)C1c1ccco1. The van der Waals surface area contributed by atoms with Crippen LogP contribution in [-0.4, -0.2) is 59.9 Å². The Kier molecular flexibility index (Phi) is 6.51. The smallest absolute Gasteiger partial charge is 0.295 e. The van der Waals surface area contributed by atoms with Gasteiger partial charge in [-0.2, -0.15) is 0 Å². The zero-order valence-corrected chi connectivity index (χ0v) is 19.1. The molecule has 4 rings (SSSR count). The van der Waals surface area contributed by atoms with Crippen molar-refractivity contribution < 1.29 is 23.8 Å². The van der Waals surface area contributed by atoms with Crippen LogP contribution in [0.1, 0.15) is 31.2 Å². The molecule has 1 atom stereocenters. The lowest BCUT2D eigenvalue weighted by atomic mass is 9.97. The molecule has 1 unspecified atom stereocenters. The summed E-state index contributed by atoms with van der Waals surface area (Å²) in [4.78, 5) is 29.7. The number of hydrogen-bond acceptors (Lipinski definition) is 6. The number of amides is 1. The third-order valence-electron chi connectivity index (χ3n) is 6.23. The first-order chi connectivity index (χ1) is 16.0. The number of rotatable bonds is 8. The lowest BCUT2D eigenvalue weighted by molar-refractivity contribution is -0.140. The van der Waals surface area contributed by atoms with Gasteiger partial charge in [0.15, 0.2) is 0 Å². The molecule has 1 N–H and O–H groups in total. The van der Waals surface area contributed by atoms with Crippen molar-refractivity contribution in [3.63, 3.8) is 0 Å². The molecule has 7 heteroatoms. The zero-order valence-electron chi connectivity index (χ0n) is 19.1. The van der Waals surface area contributed by atoms with Gasteiger partial charge in [0, 0.05) is 18.7 Å². The summed E-state index contributed by atoms with van der Waals surface area (Å²) in [5.41, 5.74) is 0.508. The number of fused-ring (bicyclic) bond motifs is 1. The van der Waals surface area contributed by atoms with Crippen LogP contribution < -0.4 is 4.74 Å². The molecule has 3 aromatic rings. The fourth-order valence-electron chi connectivity index (χ4n) is 4.30. The topological polar surface area (TPSA) is 83.2 Å². The Labute approximate surface area is 192 Å². The van der Waals surface area contributed by atoms with Gasteiger partial charge in [-0.15, -0.1) is 0 Å². The number of Topliss-reactive ketones (excluding diaryl/α,β-unsaturated/α-hetero) is 1. The molecule has 1 amide bonds. The minimum atomic E-state index is -0.776. The third kappa shape index (κ3) is 4.24. The number of hydrogen-bond donors (Lipinski definition) is 1. The molecule has 2 aromatic carbocycles. The van der Waals surface area contributed by atoms with Crippen molar-refractivity contribution in [2.24, 2.45) is 0 Å². The highest BCUT2D eigenvalue weighted by Gasteiger charge is 2.47. The number of benzene rings is 2. The lowest BCUT2D eigenvalue weighted by Gasteiger charge is -2.26. The standard InChI is InChI=1S/C26H28N2O5/c1-4-27(5-2)12-13-28-23(21-7-6-14-33-21)22(25(30)26(28)31)24(29)19-9-8-18-16-20(32-3)11-10-17(18)15-19/h6-11,14-16,23,29H,4-5,12-13H2,1-3H3/b24-22+. The van der Waals surface area contributed by atoms with E-state index in [1.807, 2.05) is 24.3 Å². The van der Waals surface area contributed by atoms with Gasteiger partial charge in [0.2, 0.25) is 0 Å². The number of likely N-dealkylation sites (N-methyl/N-ethyl adjacent to an activating group) is 1. The van der Waals surface area contributed by atoms with Crippen LogP contribution in [0.3, 0.4) is 0 Å². The fraction of sp³-hybridized carbons (Fsp3) is 0.308. The summed E-state index contributed by atoms with van der Waals surface area (Å²) in [5, 5.41) is 13.0. The van der Waals surface area contributed by atoms with Gasteiger partial charge in [0.05, 0.1) is 18.9 Å². The van der Waals surface area contributed by atoms with E-state index in [0.717, 1.165) is 29.6 Å². The van der Waals surface area contributed by atoms with E-state index in [1.165, 1.54) is 11.2 Å². The maximum absolute atomic E-state index is 13.1. The van der Waals surface area contributed by atoms with E-state index < -0.39 is 17.7 Å². The molecule has 2 heterocycles. The van der Waals surface area contributed by atoms with E-state index in [1.54, 1.807) is 31.4 Å². The minimum absolute atomic E-state index is 0.0439. The predicted molar refractivity (Wildman–Crippen MR) is 126 cm³/mol. The van der Waals surface area contributed by atoms with Crippen molar-refractivity contribution in [1.82, 2.24) is 9.80 Å². The molecule has 1 aliphatic heterocycles. The van der Waals surface area contributed by atoms with E-state index in [9.17, 15) is 14.7 Å². The molecule has 1 fully saturated rings. The Hall–Kier alpha value is -3.58. The summed E-state index contributed by atoms with van der Waals surface area (Å²) < 4.78 is 10.9. The highest BCUT2D eigenvalue weighted by Crippen LogP contribution is 2.39. The van der Waals surface area contributed by atoms with Gasteiger partial charge in [-0.05, 0) is 54.2 Å². The number of aliphatic hydroxyl groups is 1. The summed E-state index contributed by atoms with van der Waals surface area (Å²) in [6.45, 7) is 6.76. The van der Waals surface area contributed by atoms with Crippen molar-refractivity contribution >= 4 is 28.2 Å². The summed E-state index contributed by atoms with van der Waals surface area (Å²) in [5.74, 6) is -0.367. The highest BCUT2D eigenvalue weighted by molar-refractivity contribution is 6.46. The zero-order chi connectivity index (χ0) is 23.5. The van der Waals surface area contributed by atoms with Gasteiger partial charge in [0.1, 0.15) is 23.3 Å². The molecular weight excluding hydrogens is 420 g/mol. The molecule has 172 valence electrons. The predicted octanol–water partition coefficient (Wildman–Crippen LogP) is 4.20. The number of ether oxygens (including phenoxy) is 1. The Morgan fingerprint density at radius 2 is 1.82 bits per heavy atom. The average molecular weight is 449 g/mol. The normalized spacial score (nSPS) is 17.9. The number of nitrogens with zero attached hydrogens (tertiary/aromatic N) is 2. The number of carbonyl (C=O) groups excluding carboxylic acids is 2. The second-order valence-electron chi connectivity index (χ2n) is 7.96. The highest BCUT2D eigenvalue weighted by atomic mass is 16.5. The molecule has 0 spiro atoms. The first-order valence-electron chi connectivity index (χ1n) is 11.1. The van der Waals surface area contributed by atoms with E-state index >= 15 is 0 Å². The Morgan fingerprint density at radius 3 is 2.48 bits per heavy atom. The Morgan fingerprint density at radius 1 is 1.09 bits per heavy atom. The molecule has 0 radical (unpaired) electrons. The molecule has 0 aliphatic carbocycles. The first-order valence-corrected chi connectivity index (χ1v) is 11.1. The second-order valence-corrected chi connectivity index (χ2v) is 7.96. The number of likely N-dealkylation sites (tertiary alicyclic amines) is 1. The van der Waals surface area contributed by atoms with Gasteiger partial charge in [0.25, 0.3) is 11.7 Å². The average Bonchev–Trinajstić information content (AvgIpc) is 3.46. The van der Waals surface area contributed by atoms with Crippen LogP contribution in [0.15, 0.2) is 64.8 Å². The maximum atomic E-state index is 13.1. The summed E-state index contributed by atoms with van der Waals surface area (Å²) in [6, 6.07) is 13.7. The van der Waals surface area contributed by atoms with Crippen LogP contribution in [-0.2, 0) is 9.59 Å². The second kappa shape index (κ2) is 9.50. The molecule has 0 saturated carbocycles. The largest absolute Gasteiger partial charge is 0.507 e. The van der Waals surface area contributed by atoms with Crippen molar-refractivity contribution in [3.05, 3.63) is 71.7 Å². The molecular formula is C26H28N2O5. The minimum Gasteiger partial charge on any atom is -0.507 e. The van der Waals surface area contributed by atoms with E-state index in [0.29, 0.717) is 24.4 Å². The molecule has 7 nitrogen and oxygen atoms in total. The maximum Gasteiger partial charge on any atom is 0.295 e. The fourth-order valence-corrected chi connectivity index (χ4v) is 4.30. The van der Waals surface area contributed by atoms with Gasteiger partial charge in [-0.1, -0.05) is 32.0 Å². The number of methoxy groups -OCH3 is 1. The lowest BCUT2D eigenvalue weighted by Crippen LogP contribution is -2.37. The summed E-state index contributed by atoms with van der Waals surface area (Å²) >= 11 is 0. The van der Waals surface area contributed by atoms with Crippen molar-refractivity contribution in [2.75, 3.05) is 33.3 Å². The molecule has 1 saturated heterocycles.